The number of allylic oxidation sites excluding steroid dienone is 1. The van der Waals surface area contributed by atoms with E-state index in [0.717, 1.165) is 22.9 Å². The third kappa shape index (κ3) is 2.63. The monoisotopic (exact) mass is 256 g/mol. The number of hydrogen-bond acceptors (Lipinski definition) is 3. The Morgan fingerprint density at radius 3 is 2.37 bits per heavy atom. The molecule has 0 aliphatic carbocycles. The Kier molecular flexibility index (Phi) is 3.61. The number of aliphatic carboxylic acids is 1. The van der Waals surface area contributed by atoms with Crippen molar-refractivity contribution >= 4 is 22.5 Å². The van der Waals surface area contributed by atoms with Crippen LogP contribution in [0.1, 0.15) is 10.4 Å². The highest BCUT2D eigenvalue weighted by Crippen LogP contribution is 2.28. The van der Waals surface area contributed by atoms with Crippen LogP contribution in [0.2, 0.25) is 0 Å². The van der Waals surface area contributed by atoms with Crippen LogP contribution in [-0.2, 0) is 4.79 Å². The molecule has 0 heterocycles. The molecule has 0 aliphatic heterocycles. The van der Waals surface area contributed by atoms with Gasteiger partial charge < -0.3 is 9.84 Å². The molecular weight excluding hydrogens is 244 g/mol. The molecule has 2 aromatic rings. The average Bonchev–Trinajstić information content (AvgIpc) is 2.43. The molecule has 0 aliphatic rings. The molecule has 0 saturated carbocycles. The fourth-order valence-corrected chi connectivity index (χ4v) is 1.90. The van der Waals surface area contributed by atoms with E-state index in [1.54, 1.807) is 25.3 Å². The van der Waals surface area contributed by atoms with E-state index < -0.39 is 5.97 Å². The molecule has 4 heteroatoms. The highest BCUT2D eigenvalue weighted by atomic mass is 16.5. The lowest BCUT2D eigenvalue weighted by Gasteiger charge is -2.08. The van der Waals surface area contributed by atoms with Gasteiger partial charge in [0.25, 0.3) is 0 Å². The topological polar surface area (TPSA) is 63.6 Å². The Bertz CT molecular complexity index is 671. The second-order valence-corrected chi connectivity index (χ2v) is 3.90. The standard InChI is InChI=1S/C15H12O4/c1-19-14-8-6-11(13(16)7-9-15(17)18)10-4-2-3-5-12(10)14/h2-9H,1H3,(H,17,18). The van der Waals surface area contributed by atoms with Gasteiger partial charge in [0.05, 0.1) is 7.11 Å². The Labute approximate surface area is 109 Å². The first-order valence-electron chi connectivity index (χ1n) is 5.64. The van der Waals surface area contributed by atoms with Gasteiger partial charge in [-0.25, -0.2) is 4.79 Å². The number of ether oxygens (including phenoxy) is 1. The van der Waals surface area contributed by atoms with Crippen LogP contribution in [0.5, 0.6) is 5.75 Å². The maximum absolute atomic E-state index is 12.0. The molecule has 0 atom stereocenters. The molecular formula is C15H12O4. The fourth-order valence-electron chi connectivity index (χ4n) is 1.90. The summed E-state index contributed by atoms with van der Waals surface area (Å²) in [6.45, 7) is 0. The van der Waals surface area contributed by atoms with Gasteiger partial charge in [0.15, 0.2) is 5.78 Å². The summed E-state index contributed by atoms with van der Waals surface area (Å²) in [5.74, 6) is -0.818. The summed E-state index contributed by atoms with van der Waals surface area (Å²) in [7, 11) is 1.56. The molecule has 2 aromatic carbocycles. The Hall–Kier alpha value is -2.62. The lowest BCUT2D eigenvalue weighted by atomic mass is 10.0. The van der Waals surface area contributed by atoms with Crippen LogP contribution < -0.4 is 4.74 Å². The van der Waals surface area contributed by atoms with Gasteiger partial charge in [0.2, 0.25) is 0 Å². The Balaban J connectivity index is 2.56. The van der Waals surface area contributed by atoms with E-state index in [-0.39, 0.29) is 5.78 Å². The molecule has 0 aromatic heterocycles. The number of carbonyl (C=O) groups is 2. The molecule has 19 heavy (non-hydrogen) atoms. The minimum atomic E-state index is -1.15. The number of rotatable bonds is 4. The zero-order chi connectivity index (χ0) is 13.8. The molecule has 0 bridgehead atoms. The van der Waals surface area contributed by atoms with Gasteiger partial charge in [-0.3, -0.25) is 4.79 Å². The molecule has 0 unspecified atom stereocenters. The van der Waals surface area contributed by atoms with E-state index >= 15 is 0 Å². The molecule has 0 radical (unpaired) electrons. The first-order chi connectivity index (χ1) is 9.13. The van der Waals surface area contributed by atoms with Crippen molar-refractivity contribution in [2.24, 2.45) is 0 Å². The predicted octanol–water partition coefficient (Wildman–Crippen LogP) is 2.67. The van der Waals surface area contributed by atoms with Crippen molar-refractivity contribution in [3.8, 4) is 5.75 Å². The van der Waals surface area contributed by atoms with Crippen molar-refractivity contribution in [2.75, 3.05) is 7.11 Å². The smallest absolute Gasteiger partial charge is 0.328 e. The van der Waals surface area contributed by atoms with E-state index in [4.69, 9.17) is 9.84 Å². The van der Waals surface area contributed by atoms with E-state index in [0.29, 0.717) is 11.3 Å². The quantitative estimate of drug-likeness (QED) is 0.674. The normalized spacial score (nSPS) is 10.8. The Morgan fingerprint density at radius 2 is 1.74 bits per heavy atom. The van der Waals surface area contributed by atoms with E-state index in [2.05, 4.69) is 0 Å². The van der Waals surface area contributed by atoms with Crippen LogP contribution in [0.25, 0.3) is 10.8 Å². The van der Waals surface area contributed by atoms with Gasteiger partial charge in [-0.15, -0.1) is 0 Å². The van der Waals surface area contributed by atoms with Gasteiger partial charge in [-0.1, -0.05) is 24.3 Å². The third-order valence-electron chi connectivity index (χ3n) is 2.75. The fraction of sp³-hybridized carbons (Fsp3) is 0.0667. The van der Waals surface area contributed by atoms with Gasteiger partial charge in [0, 0.05) is 17.0 Å². The molecule has 0 fully saturated rings. The minimum absolute atomic E-state index is 0.346. The second kappa shape index (κ2) is 5.35. The van der Waals surface area contributed by atoms with Crippen LogP contribution in [0.3, 0.4) is 0 Å². The highest BCUT2D eigenvalue weighted by molar-refractivity contribution is 6.15. The minimum Gasteiger partial charge on any atom is -0.496 e. The zero-order valence-electron chi connectivity index (χ0n) is 10.3. The SMILES string of the molecule is COc1ccc(C(=O)C=CC(=O)O)c2ccccc12. The number of benzene rings is 2. The lowest BCUT2D eigenvalue weighted by molar-refractivity contribution is -0.131. The number of carboxylic acid groups (broad SMARTS) is 1. The summed E-state index contributed by atoms with van der Waals surface area (Å²) >= 11 is 0. The van der Waals surface area contributed by atoms with Crippen LogP contribution in [-0.4, -0.2) is 24.0 Å². The Morgan fingerprint density at radius 1 is 1.05 bits per heavy atom. The average molecular weight is 256 g/mol. The van der Waals surface area contributed by atoms with Crippen LogP contribution in [0, 0.1) is 0 Å². The lowest BCUT2D eigenvalue weighted by Crippen LogP contribution is -1.98. The first kappa shape index (κ1) is 12.8. The number of ketones is 1. The summed E-state index contributed by atoms with van der Waals surface area (Å²) in [6.07, 6.45) is 1.89. The molecule has 4 nitrogen and oxygen atoms in total. The van der Waals surface area contributed by atoms with Crippen molar-refractivity contribution in [3.63, 3.8) is 0 Å². The largest absolute Gasteiger partial charge is 0.496 e. The van der Waals surface area contributed by atoms with E-state index in [1.165, 1.54) is 0 Å². The summed E-state index contributed by atoms with van der Waals surface area (Å²) in [4.78, 5) is 22.4. The maximum Gasteiger partial charge on any atom is 0.328 e. The predicted molar refractivity (Wildman–Crippen MR) is 71.6 cm³/mol. The van der Waals surface area contributed by atoms with Crippen molar-refractivity contribution in [2.45, 2.75) is 0 Å². The van der Waals surface area contributed by atoms with Gasteiger partial charge >= 0.3 is 5.97 Å². The number of hydrogen-bond donors (Lipinski definition) is 1. The number of carbonyl (C=O) groups excluding carboxylic acids is 1. The van der Waals surface area contributed by atoms with Crippen LogP contribution in [0.4, 0.5) is 0 Å². The van der Waals surface area contributed by atoms with Crippen LogP contribution >= 0.6 is 0 Å². The van der Waals surface area contributed by atoms with E-state index in [1.807, 2.05) is 18.2 Å². The molecule has 0 spiro atoms. The summed E-state index contributed by atoms with van der Waals surface area (Å²) in [6, 6.07) is 10.7. The maximum atomic E-state index is 12.0. The molecule has 0 saturated heterocycles. The van der Waals surface area contributed by atoms with Crippen molar-refractivity contribution < 1.29 is 19.4 Å². The van der Waals surface area contributed by atoms with Gasteiger partial charge in [0.1, 0.15) is 5.75 Å². The van der Waals surface area contributed by atoms with Crippen molar-refractivity contribution in [1.29, 1.82) is 0 Å². The van der Waals surface area contributed by atoms with Crippen molar-refractivity contribution in [1.82, 2.24) is 0 Å². The van der Waals surface area contributed by atoms with E-state index in [9.17, 15) is 9.59 Å². The van der Waals surface area contributed by atoms with Crippen LogP contribution in [0.15, 0.2) is 48.6 Å². The second-order valence-electron chi connectivity index (χ2n) is 3.90. The summed E-state index contributed by atoms with van der Waals surface area (Å²) < 4.78 is 5.24. The third-order valence-corrected chi connectivity index (χ3v) is 2.75. The molecule has 96 valence electrons. The van der Waals surface area contributed by atoms with Gasteiger partial charge in [-0.2, -0.15) is 0 Å². The highest BCUT2D eigenvalue weighted by Gasteiger charge is 2.10. The number of fused-ring (bicyclic) bond motifs is 1. The molecule has 0 amide bonds. The first-order valence-corrected chi connectivity index (χ1v) is 5.64. The van der Waals surface area contributed by atoms with Gasteiger partial charge in [-0.05, 0) is 23.6 Å². The zero-order valence-corrected chi connectivity index (χ0v) is 10.3. The molecule has 2 rings (SSSR count). The number of carboxylic acids is 1. The summed E-state index contributed by atoms with van der Waals surface area (Å²) in [5.41, 5.74) is 0.453. The molecule has 1 N–H and O–H groups in total. The number of methoxy groups -OCH3 is 1. The van der Waals surface area contributed by atoms with Crippen molar-refractivity contribution in [3.05, 3.63) is 54.1 Å². The summed E-state index contributed by atoms with van der Waals surface area (Å²) in [5, 5.41) is 10.1.